The molecule has 19 heavy (non-hydrogen) atoms. The molecule has 0 aliphatic carbocycles. The summed E-state index contributed by atoms with van der Waals surface area (Å²) in [6.07, 6.45) is 8.79. The van der Waals surface area contributed by atoms with Gasteiger partial charge in [-0.3, -0.25) is 9.59 Å². The molecule has 1 amide bonds. The van der Waals surface area contributed by atoms with Crippen molar-refractivity contribution in [1.82, 2.24) is 5.32 Å². The van der Waals surface area contributed by atoms with Gasteiger partial charge in [0.25, 0.3) is 0 Å². The van der Waals surface area contributed by atoms with Crippen molar-refractivity contribution >= 4 is 11.9 Å². The highest BCUT2D eigenvalue weighted by Crippen LogP contribution is 2.06. The summed E-state index contributed by atoms with van der Waals surface area (Å²) in [5, 5.41) is 11.9. The largest absolute Gasteiger partial charge is 0.480 e. The maximum Gasteiger partial charge on any atom is 0.320 e. The van der Waals surface area contributed by atoms with Crippen LogP contribution in [0.1, 0.15) is 64.7 Å². The highest BCUT2D eigenvalue weighted by molar-refractivity contribution is 5.77. The lowest BCUT2D eigenvalue weighted by Gasteiger charge is -2.13. The third kappa shape index (κ3) is 11.7. The fraction of sp³-hybridized carbons (Fsp3) is 0.857. The predicted molar refractivity (Wildman–Crippen MR) is 75.8 cm³/mol. The van der Waals surface area contributed by atoms with Gasteiger partial charge >= 0.3 is 5.97 Å². The van der Waals surface area contributed by atoms with Crippen molar-refractivity contribution in [2.24, 2.45) is 5.73 Å². The van der Waals surface area contributed by atoms with Crippen LogP contribution in [-0.2, 0) is 9.59 Å². The minimum atomic E-state index is -0.913. The van der Waals surface area contributed by atoms with E-state index in [1.54, 1.807) is 0 Å². The predicted octanol–water partition coefficient (Wildman–Crippen LogP) is 2.05. The van der Waals surface area contributed by atoms with Crippen LogP contribution in [0.4, 0.5) is 0 Å². The Morgan fingerprint density at radius 2 is 1.68 bits per heavy atom. The highest BCUT2D eigenvalue weighted by atomic mass is 16.4. The summed E-state index contributed by atoms with van der Waals surface area (Å²) in [7, 11) is 0. The van der Waals surface area contributed by atoms with Gasteiger partial charge < -0.3 is 16.2 Å². The molecule has 112 valence electrons. The minimum Gasteiger partial charge on any atom is -0.480 e. The Balaban J connectivity index is 3.53. The molecule has 0 aromatic rings. The van der Waals surface area contributed by atoms with Crippen LogP contribution in [0.3, 0.4) is 0 Å². The number of carboxylic acid groups (broad SMARTS) is 1. The number of nitrogens with one attached hydrogen (secondary N) is 1. The van der Waals surface area contributed by atoms with Gasteiger partial charge in [0.15, 0.2) is 0 Å². The molecule has 0 bridgehead atoms. The van der Waals surface area contributed by atoms with Gasteiger partial charge in [-0.25, -0.2) is 0 Å². The first-order chi connectivity index (χ1) is 9.07. The highest BCUT2D eigenvalue weighted by Gasteiger charge is 2.16. The van der Waals surface area contributed by atoms with E-state index < -0.39 is 17.9 Å². The SMILES string of the molecule is CCCCCCCCCN[C@@H](CCC(N)=O)C(=O)O. The van der Waals surface area contributed by atoms with Gasteiger partial charge in [-0.05, 0) is 19.4 Å². The number of hydrogen-bond acceptors (Lipinski definition) is 3. The fourth-order valence-corrected chi connectivity index (χ4v) is 1.96. The van der Waals surface area contributed by atoms with E-state index in [1.807, 2.05) is 0 Å². The zero-order valence-electron chi connectivity index (χ0n) is 12.0. The second-order valence-corrected chi connectivity index (χ2v) is 4.97. The number of unbranched alkanes of at least 4 members (excludes halogenated alkanes) is 6. The van der Waals surface area contributed by atoms with Crippen LogP contribution < -0.4 is 11.1 Å². The number of carbonyl (C=O) groups excluding carboxylic acids is 1. The molecule has 5 nitrogen and oxygen atoms in total. The molecule has 4 N–H and O–H groups in total. The molecular formula is C14H28N2O3. The lowest BCUT2D eigenvalue weighted by Crippen LogP contribution is -2.38. The van der Waals surface area contributed by atoms with E-state index in [0.29, 0.717) is 6.54 Å². The molecule has 0 aliphatic rings. The number of amides is 1. The summed E-state index contributed by atoms with van der Waals surface area (Å²) >= 11 is 0. The van der Waals surface area contributed by atoms with Gasteiger partial charge in [0, 0.05) is 6.42 Å². The Kier molecular flexibility index (Phi) is 11.3. The van der Waals surface area contributed by atoms with Gasteiger partial charge in [-0.2, -0.15) is 0 Å². The van der Waals surface area contributed by atoms with Crippen molar-refractivity contribution < 1.29 is 14.7 Å². The molecule has 0 saturated carbocycles. The van der Waals surface area contributed by atoms with E-state index in [-0.39, 0.29) is 12.8 Å². The van der Waals surface area contributed by atoms with E-state index in [2.05, 4.69) is 12.2 Å². The molecule has 1 atom stereocenters. The standard InChI is InChI=1S/C14H28N2O3/c1-2-3-4-5-6-7-8-11-16-12(14(18)19)9-10-13(15)17/h12,16H,2-11H2,1H3,(H2,15,17)(H,18,19)/t12-/m0/s1. The van der Waals surface area contributed by atoms with Crippen LogP contribution in [0, 0.1) is 0 Å². The van der Waals surface area contributed by atoms with Crippen LogP contribution in [-0.4, -0.2) is 29.6 Å². The molecule has 0 spiro atoms. The van der Waals surface area contributed by atoms with Crippen molar-refractivity contribution in [3.8, 4) is 0 Å². The first-order valence-electron chi connectivity index (χ1n) is 7.32. The van der Waals surface area contributed by atoms with E-state index >= 15 is 0 Å². The quantitative estimate of drug-likeness (QED) is 0.447. The van der Waals surface area contributed by atoms with Crippen molar-refractivity contribution in [1.29, 1.82) is 0 Å². The topological polar surface area (TPSA) is 92.4 Å². The molecule has 5 heteroatoms. The fourth-order valence-electron chi connectivity index (χ4n) is 1.96. The van der Waals surface area contributed by atoms with Gasteiger partial charge in [-0.15, -0.1) is 0 Å². The van der Waals surface area contributed by atoms with Gasteiger partial charge in [0.05, 0.1) is 0 Å². The Bertz CT molecular complexity index is 257. The number of carbonyl (C=O) groups is 2. The van der Waals surface area contributed by atoms with Crippen LogP contribution in [0.2, 0.25) is 0 Å². The number of aliphatic carboxylic acids is 1. The minimum absolute atomic E-state index is 0.112. The molecule has 0 unspecified atom stereocenters. The smallest absolute Gasteiger partial charge is 0.320 e. The molecule has 0 aliphatic heterocycles. The number of rotatable bonds is 13. The van der Waals surface area contributed by atoms with Gasteiger partial charge in [0.2, 0.25) is 5.91 Å². The molecule has 0 radical (unpaired) electrons. The van der Waals surface area contributed by atoms with Crippen LogP contribution in [0.5, 0.6) is 0 Å². The maximum absolute atomic E-state index is 10.9. The van der Waals surface area contributed by atoms with Crippen molar-refractivity contribution in [2.75, 3.05) is 6.54 Å². The molecule has 0 heterocycles. The average molecular weight is 272 g/mol. The molecule has 0 fully saturated rings. The molecular weight excluding hydrogens is 244 g/mol. The van der Waals surface area contributed by atoms with Crippen molar-refractivity contribution in [3.05, 3.63) is 0 Å². The Morgan fingerprint density at radius 3 is 2.21 bits per heavy atom. The van der Waals surface area contributed by atoms with Crippen LogP contribution in [0.25, 0.3) is 0 Å². The Hall–Kier alpha value is -1.10. The normalized spacial score (nSPS) is 12.3. The molecule has 0 aromatic heterocycles. The summed E-state index contributed by atoms with van der Waals surface area (Å²) < 4.78 is 0. The third-order valence-corrected chi connectivity index (χ3v) is 3.15. The molecule has 0 aromatic carbocycles. The summed E-state index contributed by atoms with van der Waals surface area (Å²) in [5.74, 6) is -1.37. The second-order valence-electron chi connectivity index (χ2n) is 4.97. The van der Waals surface area contributed by atoms with Crippen molar-refractivity contribution in [3.63, 3.8) is 0 Å². The van der Waals surface area contributed by atoms with Crippen LogP contribution in [0.15, 0.2) is 0 Å². The van der Waals surface area contributed by atoms with E-state index in [1.165, 1.54) is 32.1 Å². The van der Waals surface area contributed by atoms with Crippen molar-refractivity contribution in [2.45, 2.75) is 70.8 Å². The van der Waals surface area contributed by atoms with E-state index in [4.69, 9.17) is 10.8 Å². The van der Waals surface area contributed by atoms with Gasteiger partial charge in [0.1, 0.15) is 6.04 Å². The van der Waals surface area contributed by atoms with E-state index in [0.717, 1.165) is 12.8 Å². The summed E-state index contributed by atoms with van der Waals surface area (Å²) in [4.78, 5) is 21.6. The summed E-state index contributed by atoms with van der Waals surface area (Å²) in [5.41, 5.74) is 5.02. The summed E-state index contributed by atoms with van der Waals surface area (Å²) in [6, 6.07) is -0.660. The average Bonchev–Trinajstić information content (AvgIpc) is 2.35. The van der Waals surface area contributed by atoms with E-state index in [9.17, 15) is 9.59 Å². The number of primary amides is 1. The Morgan fingerprint density at radius 1 is 1.11 bits per heavy atom. The zero-order valence-corrected chi connectivity index (χ0v) is 12.0. The number of carboxylic acids is 1. The Labute approximate surface area is 115 Å². The summed E-state index contributed by atoms with van der Waals surface area (Å²) in [6.45, 7) is 2.88. The molecule has 0 saturated heterocycles. The first-order valence-corrected chi connectivity index (χ1v) is 7.32. The first kappa shape index (κ1) is 17.9. The maximum atomic E-state index is 10.9. The number of nitrogens with two attached hydrogens (primary N) is 1. The lowest BCUT2D eigenvalue weighted by atomic mass is 10.1. The lowest BCUT2D eigenvalue weighted by molar-refractivity contribution is -0.139. The second kappa shape index (κ2) is 12.0. The number of hydrogen-bond donors (Lipinski definition) is 3. The zero-order chi connectivity index (χ0) is 14.5. The third-order valence-electron chi connectivity index (χ3n) is 3.15. The van der Waals surface area contributed by atoms with Gasteiger partial charge in [-0.1, -0.05) is 45.4 Å². The molecule has 0 rings (SSSR count). The van der Waals surface area contributed by atoms with Crippen LogP contribution >= 0.6 is 0 Å². The monoisotopic (exact) mass is 272 g/mol.